The molecule has 7 nitrogen and oxygen atoms in total. The normalized spacial score (nSPS) is 22.6. The molecule has 1 aliphatic heterocycles. The Hall–Kier alpha value is -2.13. The largest absolute Gasteiger partial charge is 0.490 e. The van der Waals surface area contributed by atoms with E-state index in [0.717, 1.165) is 57.5 Å². The highest BCUT2D eigenvalue weighted by Crippen LogP contribution is 2.31. The molecule has 37 heavy (non-hydrogen) atoms. The van der Waals surface area contributed by atoms with Crippen molar-refractivity contribution in [2.24, 2.45) is 5.92 Å². The summed E-state index contributed by atoms with van der Waals surface area (Å²) in [6, 6.07) is 13.5. The van der Waals surface area contributed by atoms with Gasteiger partial charge in [0, 0.05) is 57.1 Å². The average molecular weight is 550 g/mol. The molecular weight excluding hydrogens is 510 g/mol. The second-order valence-corrected chi connectivity index (χ2v) is 12.5. The Morgan fingerprint density at radius 1 is 1.14 bits per heavy atom. The summed E-state index contributed by atoms with van der Waals surface area (Å²) in [7, 11) is -1.40. The number of sulfone groups is 1. The van der Waals surface area contributed by atoms with E-state index in [1.54, 1.807) is 29.2 Å². The first kappa shape index (κ1) is 29.4. The van der Waals surface area contributed by atoms with Gasteiger partial charge in [0.1, 0.15) is 5.75 Å². The van der Waals surface area contributed by atoms with Crippen LogP contribution in [0.2, 0.25) is 0 Å². The number of benzene rings is 2. The van der Waals surface area contributed by atoms with E-state index in [2.05, 4.69) is 42.3 Å². The minimum Gasteiger partial charge on any atom is -0.490 e. The molecule has 2 aliphatic rings. The van der Waals surface area contributed by atoms with Crippen LogP contribution < -0.4 is 15.0 Å². The van der Waals surface area contributed by atoms with Crippen molar-refractivity contribution in [3.8, 4) is 5.75 Å². The first-order chi connectivity index (χ1) is 17.1. The second kappa shape index (κ2) is 12.6. The van der Waals surface area contributed by atoms with Gasteiger partial charge in [0.05, 0.1) is 11.0 Å². The van der Waals surface area contributed by atoms with Crippen molar-refractivity contribution in [2.75, 3.05) is 37.8 Å². The number of carbonyl (C=O) groups is 1. The van der Waals surface area contributed by atoms with E-state index in [9.17, 15) is 13.2 Å². The number of nitrogens with one attached hydrogen (secondary N) is 1. The van der Waals surface area contributed by atoms with Crippen LogP contribution in [0.25, 0.3) is 0 Å². The molecule has 204 valence electrons. The number of rotatable bonds is 7. The minimum absolute atomic E-state index is 0. The lowest BCUT2D eigenvalue weighted by Gasteiger charge is -2.32. The summed E-state index contributed by atoms with van der Waals surface area (Å²) in [5, 5.41) is 3.49. The van der Waals surface area contributed by atoms with E-state index in [1.165, 1.54) is 17.4 Å². The number of carbonyl (C=O) groups excluding carboxylic acids is 1. The lowest BCUT2D eigenvalue weighted by Crippen LogP contribution is -2.48. The van der Waals surface area contributed by atoms with Crippen LogP contribution in [0.4, 0.5) is 5.69 Å². The Morgan fingerprint density at radius 3 is 2.51 bits per heavy atom. The molecule has 0 spiro atoms. The Labute approximate surface area is 227 Å². The lowest BCUT2D eigenvalue weighted by molar-refractivity contribution is -0.123. The van der Waals surface area contributed by atoms with E-state index in [0.29, 0.717) is 11.8 Å². The van der Waals surface area contributed by atoms with Crippen molar-refractivity contribution in [3.05, 3.63) is 53.6 Å². The van der Waals surface area contributed by atoms with Gasteiger partial charge in [-0.05, 0) is 81.0 Å². The minimum atomic E-state index is -3.27. The van der Waals surface area contributed by atoms with Gasteiger partial charge in [0.15, 0.2) is 9.84 Å². The van der Waals surface area contributed by atoms with Gasteiger partial charge in [0.2, 0.25) is 5.91 Å². The molecule has 0 bridgehead atoms. The Kier molecular flexibility index (Phi) is 10.0. The molecule has 1 saturated heterocycles. The number of hydrogen-bond donors (Lipinski definition) is 1. The number of nitrogens with zero attached hydrogens (tertiary/aromatic N) is 2. The lowest BCUT2D eigenvalue weighted by atomic mass is 9.86. The number of anilines is 1. The van der Waals surface area contributed by atoms with Crippen LogP contribution in [0.3, 0.4) is 0 Å². The molecule has 0 aromatic heterocycles. The highest BCUT2D eigenvalue weighted by atomic mass is 35.5. The van der Waals surface area contributed by atoms with Gasteiger partial charge in [-0.25, -0.2) is 8.42 Å². The third-order valence-corrected chi connectivity index (χ3v) is 8.56. The number of amides is 1. The van der Waals surface area contributed by atoms with Crippen molar-refractivity contribution < 1.29 is 17.9 Å². The number of ether oxygens (including phenoxy) is 1. The predicted octanol–water partition coefficient (Wildman–Crippen LogP) is 4.21. The second-order valence-electron chi connectivity index (χ2n) is 10.4. The van der Waals surface area contributed by atoms with Crippen LogP contribution in [0.1, 0.15) is 43.7 Å². The Bertz CT molecular complexity index is 1180. The molecule has 1 N–H and O–H groups in total. The van der Waals surface area contributed by atoms with Crippen LogP contribution in [0, 0.1) is 12.8 Å². The number of piperazine rings is 1. The Balaban J connectivity index is 0.00000380. The van der Waals surface area contributed by atoms with Gasteiger partial charge < -0.3 is 15.0 Å². The number of aryl methyl sites for hydroxylation is 1. The third kappa shape index (κ3) is 7.69. The summed E-state index contributed by atoms with van der Waals surface area (Å²) >= 11 is 0. The number of hydrogen-bond acceptors (Lipinski definition) is 6. The fourth-order valence-electron chi connectivity index (χ4n) is 5.26. The Morgan fingerprint density at radius 2 is 1.86 bits per heavy atom. The molecule has 2 aromatic carbocycles. The van der Waals surface area contributed by atoms with Crippen LogP contribution in [0.5, 0.6) is 5.75 Å². The molecule has 2 fully saturated rings. The van der Waals surface area contributed by atoms with Gasteiger partial charge in [-0.1, -0.05) is 12.1 Å². The van der Waals surface area contributed by atoms with Crippen molar-refractivity contribution in [1.82, 2.24) is 10.2 Å². The summed E-state index contributed by atoms with van der Waals surface area (Å²) in [6.07, 6.45) is 4.25. The van der Waals surface area contributed by atoms with Gasteiger partial charge >= 0.3 is 0 Å². The molecule has 9 heteroatoms. The molecule has 1 saturated carbocycles. The summed E-state index contributed by atoms with van der Waals surface area (Å²) < 4.78 is 29.7. The molecular formula is C28H40ClN3O4S. The van der Waals surface area contributed by atoms with Gasteiger partial charge in [-0.3, -0.25) is 9.69 Å². The smallest absolute Gasteiger partial charge is 0.229 e. The van der Waals surface area contributed by atoms with E-state index in [1.807, 2.05) is 7.05 Å². The van der Waals surface area contributed by atoms with Crippen molar-refractivity contribution >= 4 is 33.8 Å². The maximum atomic E-state index is 13.3. The van der Waals surface area contributed by atoms with E-state index >= 15 is 0 Å². The average Bonchev–Trinajstić information content (AvgIpc) is 2.84. The van der Waals surface area contributed by atoms with Crippen molar-refractivity contribution in [1.29, 1.82) is 0 Å². The fourth-order valence-corrected chi connectivity index (χ4v) is 5.92. The SMILES string of the molecule is Cc1cc(N(C)C(=O)[C@H]2CC[C@H](Oc3cccc(S(C)(=O)=O)c3)CC2)ccc1CN1CCN[C@@H](C)C1.Cl. The van der Waals surface area contributed by atoms with E-state index in [4.69, 9.17) is 4.74 Å². The summed E-state index contributed by atoms with van der Waals surface area (Å²) in [5.74, 6) is 0.686. The van der Waals surface area contributed by atoms with E-state index < -0.39 is 9.84 Å². The van der Waals surface area contributed by atoms with E-state index in [-0.39, 0.29) is 35.2 Å². The summed E-state index contributed by atoms with van der Waals surface area (Å²) in [6.45, 7) is 8.42. The van der Waals surface area contributed by atoms with Gasteiger partial charge in [-0.2, -0.15) is 0 Å². The zero-order chi connectivity index (χ0) is 25.9. The van der Waals surface area contributed by atoms with Crippen LogP contribution in [-0.4, -0.2) is 64.3 Å². The summed E-state index contributed by atoms with van der Waals surface area (Å²) in [4.78, 5) is 17.8. The van der Waals surface area contributed by atoms with Crippen LogP contribution in [0.15, 0.2) is 47.4 Å². The summed E-state index contributed by atoms with van der Waals surface area (Å²) in [5.41, 5.74) is 3.46. The molecule has 4 rings (SSSR count). The first-order valence-corrected chi connectivity index (χ1v) is 14.8. The molecule has 1 heterocycles. The molecule has 2 aromatic rings. The quantitative estimate of drug-likeness (QED) is 0.557. The predicted molar refractivity (Wildman–Crippen MR) is 151 cm³/mol. The standard InChI is InChI=1S/C28H39N3O4S.ClH/c1-20-16-24(11-8-23(20)19-31-15-14-29-21(2)18-31)30(3)28(32)22-9-12-25(13-10-22)35-26-6-5-7-27(17-26)36(4,33)34;/h5-8,11,16-17,21-22,25,29H,9-10,12-15,18-19H2,1-4H3;1H/t21-,22-,25-;/m0./s1. The van der Waals surface area contributed by atoms with Gasteiger partial charge in [0.25, 0.3) is 0 Å². The maximum absolute atomic E-state index is 13.3. The third-order valence-electron chi connectivity index (χ3n) is 7.45. The monoisotopic (exact) mass is 549 g/mol. The highest BCUT2D eigenvalue weighted by molar-refractivity contribution is 7.90. The molecule has 1 amide bonds. The fraction of sp³-hybridized carbons (Fsp3) is 0.536. The van der Waals surface area contributed by atoms with Gasteiger partial charge in [-0.15, -0.1) is 12.4 Å². The highest BCUT2D eigenvalue weighted by Gasteiger charge is 2.30. The van der Waals surface area contributed by atoms with Crippen LogP contribution >= 0.6 is 12.4 Å². The number of halogens is 1. The molecule has 0 unspecified atom stereocenters. The van der Waals surface area contributed by atoms with Crippen LogP contribution in [-0.2, 0) is 21.2 Å². The zero-order valence-electron chi connectivity index (χ0n) is 22.3. The van der Waals surface area contributed by atoms with Crippen molar-refractivity contribution in [2.45, 2.75) is 63.1 Å². The maximum Gasteiger partial charge on any atom is 0.229 e. The molecule has 1 aliphatic carbocycles. The first-order valence-electron chi connectivity index (χ1n) is 12.9. The molecule has 1 atom stereocenters. The molecule has 0 radical (unpaired) electrons. The van der Waals surface area contributed by atoms with Crippen molar-refractivity contribution in [3.63, 3.8) is 0 Å². The topological polar surface area (TPSA) is 79.0 Å². The zero-order valence-corrected chi connectivity index (χ0v) is 23.9.